The van der Waals surface area contributed by atoms with Crippen LogP contribution in [-0.2, 0) is 0 Å². The second-order valence-corrected chi connectivity index (χ2v) is 9.50. The van der Waals surface area contributed by atoms with E-state index < -0.39 is 0 Å². The fourth-order valence-electron chi connectivity index (χ4n) is 5.28. The van der Waals surface area contributed by atoms with Crippen LogP contribution in [0.1, 0.15) is 31.5 Å². The highest BCUT2D eigenvalue weighted by Gasteiger charge is 2.27. The summed E-state index contributed by atoms with van der Waals surface area (Å²) in [5.41, 5.74) is 7.95. The molecule has 0 aliphatic carbocycles. The summed E-state index contributed by atoms with van der Waals surface area (Å²) in [6, 6.07) is 17.0. The highest BCUT2D eigenvalue weighted by molar-refractivity contribution is 5.97. The number of hydrogen-bond donors (Lipinski definition) is 2. The number of allylic oxidation sites excluding steroid dienone is 1. The largest absolute Gasteiger partial charge is 0.376 e. The molecule has 1 aliphatic heterocycles. The molecule has 6 rings (SSSR count). The standard InChI is InChI=1S/C29H29N7/c1-19(2)36-15-9-20-5-6-22(16-27(20)36)24-17-23(18-26-29(24)32-14-13-31-26)34-28(21-7-11-30-12-8-21)25-4-3-10-33-35-25/h3-6,9-10,13-18,21,28,30,34H,1,7-8,11-12H2,2H3. The molecule has 0 radical (unpaired) electrons. The molecule has 1 unspecified atom stereocenters. The first-order valence-electron chi connectivity index (χ1n) is 12.4. The van der Waals surface area contributed by atoms with Crippen LogP contribution in [0.5, 0.6) is 0 Å². The Balaban J connectivity index is 1.46. The Labute approximate surface area is 210 Å². The van der Waals surface area contributed by atoms with Gasteiger partial charge in [0.15, 0.2) is 0 Å². The van der Waals surface area contributed by atoms with Crippen molar-refractivity contribution >= 4 is 33.3 Å². The number of nitrogens with one attached hydrogen (secondary N) is 2. The first kappa shape index (κ1) is 22.4. The van der Waals surface area contributed by atoms with Gasteiger partial charge in [-0.2, -0.15) is 10.2 Å². The number of benzene rings is 2. The zero-order valence-corrected chi connectivity index (χ0v) is 20.4. The van der Waals surface area contributed by atoms with Crippen LogP contribution >= 0.6 is 0 Å². The van der Waals surface area contributed by atoms with E-state index in [1.807, 2.05) is 13.0 Å². The van der Waals surface area contributed by atoms with Crippen molar-refractivity contribution < 1.29 is 0 Å². The van der Waals surface area contributed by atoms with Crippen molar-refractivity contribution in [3.63, 3.8) is 0 Å². The topological polar surface area (TPSA) is 80.5 Å². The molecular weight excluding hydrogens is 446 g/mol. The molecule has 7 heteroatoms. The van der Waals surface area contributed by atoms with Crippen molar-refractivity contribution in [2.45, 2.75) is 25.8 Å². The van der Waals surface area contributed by atoms with Crippen LogP contribution < -0.4 is 10.6 Å². The zero-order valence-electron chi connectivity index (χ0n) is 20.4. The van der Waals surface area contributed by atoms with Gasteiger partial charge in [0.25, 0.3) is 0 Å². The highest BCUT2D eigenvalue weighted by Crippen LogP contribution is 2.36. The van der Waals surface area contributed by atoms with Gasteiger partial charge in [-0.1, -0.05) is 18.7 Å². The number of aromatic nitrogens is 5. The summed E-state index contributed by atoms with van der Waals surface area (Å²) in [6.07, 6.45) is 9.47. The first-order valence-corrected chi connectivity index (χ1v) is 12.4. The molecule has 1 saturated heterocycles. The molecule has 0 bridgehead atoms. The summed E-state index contributed by atoms with van der Waals surface area (Å²) in [5, 5.41) is 17.1. The molecule has 1 fully saturated rings. The van der Waals surface area contributed by atoms with E-state index in [0.29, 0.717) is 5.92 Å². The van der Waals surface area contributed by atoms with Gasteiger partial charge in [0, 0.05) is 41.7 Å². The summed E-state index contributed by atoms with van der Waals surface area (Å²) >= 11 is 0. The van der Waals surface area contributed by atoms with Gasteiger partial charge >= 0.3 is 0 Å². The molecule has 180 valence electrons. The van der Waals surface area contributed by atoms with Crippen molar-refractivity contribution in [2.24, 2.45) is 5.92 Å². The first-order chi connectivity index (χ1) is 17.7. The number of anilines is 1. The third kappa shape index (κ3) is 4.22. The van der Waals surface area contributed by atoms with Gasteiger partial charge in [0.05, 0.1) is 28.3 Å². The lowest BCUT2D eigenvalue weighted by atomic mass is 9.88. The van der Waals surface area contributed by atoms with Crippen molar-refractivity contribution in [1.29, 1.82) is 0 Å². The van der Waals surface area contributed by atoms with Crippen molar-refractivity contribution in [2.75, 3.05) is 18.4 Å². The molecule has 1 aliphatic rings. The molecule has 1 atom stereocenters. The molecule has 36 heavy (non-hydrogen) atoms. The monoisotopic (exact) mass is 475 g/mol. The number of rotatable bonds is 6. The van der Waals surface area contributed by atoms with E-state index >= 15 is 0 Å². The Kier molecular flexibility index (Phi) is 5.91. The van der Waals surface area contributed by atoms with Gasteiger partial charge in [0.1, 0.15) is 0 Å². The minimum Gasteiger partial charge on any atom is -0.376 e. The molecular formula is C29H29N7. The van der Waals surface area contributed by atoms with Crippen molar-refractivity contribution in [3.8, 4) is 11.1 Å². The summed E-state index contributed by atoms with van der Waals surface area (Å²) < 4.78 is 2.12. The van der Waals surface area contributed by atoms with E-state index in [4.69, 9.17) is 4.98 Å². The van der Waals surface area contributed by atoms with Crippen molar-refractivity contribution in [1.82, 2.24) is 30.0 Å². The van der Waals surface area contributed by atoms with E-state index in [-0.39, 0.29) is 6.04 Å². The van der Waals surface area contributed by atoms with Crippen LogP contribution in [0.15, 0.2) is 79.9 Å². The maximum Gasteiger partial charge on any atom is 0.0966 e. The Morgan fingerprint density at radius 1 is 1.06 bits per heavy atom. The predicted molar refractivity (Wildman–Crippen MR) is 145 cm³/mol. The molecule has 0 spiro atoms. The molecule has 2 aromatic carbocycles. The summed E-state index contributed by atoms with van der Waals surface area (Å²) in [5.74, 6) is 0.458. The van der Waals surface area contributed by atoms with Crippen LogP contribution in [0.2, 0.25) is 0 Å². The second kappa shape index (κ2) is 9.51. The van der Waals surface area contributed by atoms with E-state index in [9.17, 15) is 0 Å². The van der Waals surface area contributed by atoms with E-state index in [0.717, 1.165) is 70.7 Å². The second-order valence-electron chi connectivity index (χ2n) is 9.50. The van der Waals surface area contributed by atoms with E-state index in [1.54, 1.807) is 18.6 Å². The minimum absolute atomic E-state index is 0.0610. The maximum atomic E-state index is 4.71. The van der Waals surface area contributed by atoms with Gasteiger partial charge in [0.2, 0.25) is 0 Å². The smallest absolute Gasteiger partial charge is 0.0966 e. The van der Waals surface area contributed by atoms with Crippen LogP contribution in [-0.4, -0.2) is 37.8 Å². The van der Waals surface area contributed by atoms with Gasteiger partial charge in [-0.25, -0.2) is 0 Å². The zero-order chi connectivity index (χ0) is 24.5. The fraction of sp³-hybridized carbons (Fsp3) is 0.241. The molecule has 7 nitrogen and oxygen atoms in total. The summed E-state index contributed by atoms with van der Waals surface area (Å²) in [4.78, 5) is 9.36. The van der Waals surface area contributed by atoms with Crippen LogP contribution in [0, 0.1) is 5.92 Å². The van der Waals surface area contributed by atoms with Crippen LogP contribution in [0.25, 0.3) is 38.8 Å². The number of hydrogen-bond acceptors (Lipinski definition) is 6. The Morgan fingerprint density at radius 3 is 2.72 bits per heavy atom. The summed E-state index contributed by atoms with van der Waals surface area (Å²) in [7, 11) is 0. The Hall–Kier alpha value is -4.10. The van der Waals surface area contributed by atoms with E-state index in [1.165, 1.54) is 5.39 Å². The van der Waals surface area contributed by atoms with Gasteiger partial charge in [-0.05, 0) is 86.1 Å². The minimum atomic E-state index is 0.0610. The van der Waals surface area contributed by atoms with Crippen LogP contribution in [0.4, 0.5) is 5.69 Å². The quantitative estimate of drug-likeness (QED) is 0.329. The molecule has 3 aromatic heterocycles. The molecule has 0 amide bonds. The van der Waals surface area contributed by atoms with Gasteiger partial charge in [-0.3, -0.25) is 9.97 Å². The fourth-order valence-corrected chi connectivity index (χ4v) is 5.28. The Bertz CT molecular complexity index is 1530. The van der Waals surface area contributed by atoms with Gasteiger partial charge < -0.3 is 15.2 Å². The highest BCUT2D eigenvalue weighted by atomic mass is 15.1. The lowest BCUT2D eigenvalue weighted by Gasteiger charge is -2.31. The summed E-state index contributed by atoms with van der Waals surface area (Å²) in [6.45, 7) is 8.18. The van der Waals surface area contributed by atoms with Gasteiger partial charge in [-0.15, -0.1) is 0 Å². The number of piperidine rings is 1. The SMILES string of the molecule is C=C(C)n1ccc2ccc(-c3cc(NC(c4cccnn4)C4CCNCC4)cc4nccnc34)cc21. The normalized spacial score (nSPS) is 15.2. The van der Waals surface area contributed by atoms with Crippen molar-refractivity contribution in [3.05, 3.63) is 85.6 Å². The molecule has 5 aromatic rings. The third-order valence-electron chi connectivity index (χ3n) is 7.08. The third-order valence-corrected chi connectivity index (χ3v) is 7.08. The lowest BCUT2D eigenvalue weighted by Crippen LogP contribution is -2.33. The molecule has 0 saturated carbocycles. The lowest BCUT2D eigenvalue weighted by molar-refractivity contribution is 0.331. The maximum absolute atomic E-state index is 4.71. The number of fused-ring (bicyclic) bond motifs is 2. The van der Waals surface area contributed by atoms with E-state index in [2.05, 4.69) is 85.6 Å². The average Bonchev–Trinajstić information content (AvgIpc) is 3.36. The molecule has 2 N–H and O–H groups in total. The predicted octanol–water partition coefficient (Wildman–Crippen LogP) is 5.68. The Morgan fingerprint density at radius 2 is 1.92 bits per heavy atom. The number of nitrogens with zero attached hydrogens (tertiary/aromatic N) is 5. The van der Waals surface area contributed by atoms with Crippen LogP contribution in [0.3, 0.4) is 0 Å². The molecule has 4 heterocycles. The average molecular weight is 476 g/mol.